The smallest absolute Gasteiger partial charge is 0.268 e. The molecule has 1 aliphatic rings. The number of likely N-dealkylation sites (N-methyl/N-ethyl adjacent to an activating group) is 1. The highest BCUT2D eigenvalue weighted by atomic mass is 35.5. The van der Waals surface area contributed by atoms with Crippen molar-refractivity contribution in [2.45, 2.75) is 13.0 Å². The van der Waals surface area contributed by atoms with Gasteiger partial charge in [0.25, 0.3) is 5.91 Å². The number of carbonyl (C=O) groups is 3. The Labute approximate surface area is 127 Å². The van der Waals surface area contributed by atoms with Crippen molar-refractivity contribution in [1.29, 1.82) is 0 Å². The Morgan fingerprint density at radius 1 is 1.43 bits per heavy atom. The summed E-state index contributed by atoms with van der Waals surface area (Å²) >= 11 is 5.54. The predicted molar refractivity (Wildman–Crippen MR) is 78.0 cm³/mol. The molecule has 1 N–H and O–H groups in total. The molecule has 2 rings (SSSR count). The predicted octanol–water partition coefficient (Wildman–Crippen LogP) is 0.968. The molecule has 0 saturated carbocycles. The third kappa shape index (κ3) is 3.00. The van der Waals surface area contributed by atoms with Crippen LogP contribution >= 0.6 is 11.6 Å². The topological polar surface area (TPSA) is 75.7 Å². The summed E-state index contributed by atoms with van der Waals surface area (Å²) in [6.45, 7) is 1.48. The molecule has 0 fully saturated rings. The molecule has 1 heterocycles. The average Bonchev–Trinajstić information content (AvgIpc) is 2.50. The molecule has 1 unspecified atom stereocenters. The minimum atomic E-state index is -0.684. The van der Waals surface area contributed by atoms with Crippen molar-refractivity contribution in [2.24, 2.45) is 0 Å². The molecule has 21 heavy (non-hydrogen) atoms. The molecule has 0 spiro atoms. The second-order valence-corrected chi connectivity index (χ2v) is 4.86. The lowest BCUT2D eigenvalue weighted by atomic mass is 10.1. The Hall–Kier alpha value is -2.08. The van der Waals surface area contributed by atoms with Gasteiger partial charge >= 0.3 is 0 Å². The molecule has 0 bridgehead atoms. The van der Waals surface area contributed by atoms with Crippen LogP contribution in [0.1, 0.15) is 17.3 Å². The van der Waals surface area contributed by atoms with Crippen LogP contribution in [0.15, 0.2) is 18.2 Å². The zero-order valence-electron chi connectivity index (χ0n) is 11.7. The summed E-state index contributed by atoms with van der Waals surface area (Å²) in [6, 6.07) is 4.71. The second kappa shape index (κ2) is 6.13. The maximum absolute atomic E-state index is 12.2. The van der Waals surface area contributed by atoms with Crippen LogP contribution in [0.4, 0.5) is 5.69 Å². The van der Waals surface area contributed by atoms with E-state index in [0.29, 0.717) is 17.0 Å². The first-order valence-corrected chi connectivity index (χ1v) is 6.93. The lowest BCUT2D eigenvalue weighted by Crippen LogP contribution is -2.48. The molecule has 7 heteroatoms. The third-order valence-electron chi connectivity index (χ3n) is 3.19. The van der Waals surface area contributed by atoms with E-state index in [-0.39, 0.29) is 30.0 Å². The van der Waals surface area contributed by atoms with Crippen molar-refractivity contribution in [3.8, 4) is 5.75 Å². The van der Waals surface area contributed by atoms with E-state index in [1.807, 2.05) is 0 Å². The van der Waals surface area contributed by atoms with Crippen molar-refractivity contribution in [3.05, 3.63) is 23.8 Å². The number of Topliss-reactive ketones (excluding diaryl/α,β-unsaturated/α-hetero) is 1. The summed E-state index contributed by atoms with van der Waals surface area (Å²) in [5, 5.41) is 2.47. The number of benzene rings is 1. The van der Waals surface area contributed by atoms with Gasteiger partial charge in [-0.2, -0.15) is 0 Å². The number of halogens is 1. The molecule has 1 aromatic carbocycles. The first-order valence-electron chi connectivity index (χ1n) is 6.39. The Balaban J connectivity index is 2.44. The van der Waals surface area contributed by atoms with Crippen LogP contribution < -0.4 is 15.0 Å². The largest absolute Gasteiger partial charge is 0.479 e. The maximum Gasteiger partial charge on any atom is 0.268 e. The molecule has 0 saturated heterocycles. The zero-order chi connectivity index (χ0) is 15.6. The fraction of sp³-hybridized carbons (Fsp3) is 0.357. The van der Waals surface area contributed by atoms with Crippen molar-refractivity contribution in [3.63, 3.8) is 0 Å². The summed E-state index contributed by atoms with van der Waals surface area (Å²) < 4.78 is 5.49. The van der Waals surface area contributed by atoms with Crippen molar-refractivity contribution < 1.29 is 19.1 Å². The van der Waals surface area contributed by atoms with Gasteiger partial charge in [-0.05, 0) is 25.1 Å². The number of nitrogens with one attached hydrogen (secondary N) is 1. The standard InChI is InChI=1S/C14H15ClN2O4/c1-8-14(20)17(7-13(19)16-2)10-5-9(11(18)6-15)3-4-12(10)21-8/h3-5,8H,6-7H2,1-2H3,(H,16,19). The van der Waals surface area contributed by atoms with Gasteiger partial charge in [0.1, 0.15) is 12.3 Å². The van der Waals surface area contributed by atoms with Gasteiger partial charge in [-0.15, -0.1) is 11.6 Å². The number of anilines is 1. The molecule has 0 aliphatic carbocycles. The average molecular weight is 311 g/mol. The van der Waals surface area contributed by atoms with E-state index in [0.717, 1.165) is 0 Å². The fourth-order valence-electron chi connectivity index (χ4n) is 2.04. The number of ether oxygens (including phenoxy) is 1. The third-order valence-corrected chi connectivity index (χ3v) is 3.43. The molecule has 1 aromatic rings. The monoisotopic (exact) mass is 310 g/mol. The minimum absolute atomic E-state index is 0.130. The first kappa shape index (κ1) is 15.3. The SMILES string of the molecule is CNC(=O)CN1C(=O)C(C)Oc2ccc(C(=O)CCl)cc21. The number of ketones is 1. The number of fused-ring (bicyclic) bond motifs is 1. The molecular formula is C14H15ClN2O4. The van der Waals surface area contributed by atoms with E-state index < -0.39 is 6.10 Å². The number of nitrogens with zero attached hydrogens (tertiary/aromatic N) is 1. The van der Waals surface area contributed by atoms with Gasteiger partial charge in [0.2, 0.25) is 5.91 Å². The van der Waals surface area contributed by atoms with Gasteiger partial charge in [0.05, 0.1) is 11.6 Å². The number of rotatable bonds is 4. The number of amides is 2. The van der Waals surface area contributed by atoms with Crippen LogP contribution in [0.3, 0.4) is 0 Å². The molecule has 1 aliphatic heterocycles. The van der Waals surface area contributed by atoms with Crippen molar-refractivity contribution >= 4 is 34.9 Å². The molecular weight excluding hydrogens is 296 g/mol. The Bertz CT molecular complexity index is 603. The Kier molecular flexibility index (Phi) is 4.47. The molecule has 112 valence electrons. The van der Waals surface area contributed by atoms with Gasteiger partial charge in [0, 0.05) is 12.6 Å². The van der Waals surface area contributed by atoms with Gasteiger partial charge in [0.15, 0.2) is 11.9 Å². The van der Waals surface area contributed by atoms with Crippen LogP contribution in [0.25, 0.3) is 0 Å². The van der Waals surface area contributed by atoms with Gasteiger partial charge < -0.3 is 10.1 Å². The maximum atomic E-state index is 12.2. The first-order chi connectivity index (χ1) is 9.97. The second-order valence-electron chi connectivity index (χ2n) is 4.60. The zero-order valence-corrected chi connectivity index (χ0v) is 12.4. The van der Waals surface area contributed by atoms with E-state index in [1.165, 1.54) is 18.0 Å². The van der Waals surface area contributed by atoms with E-state index in [9.17, 15) is 14.4 Å². The summed E-state index contributed by atoms with van der Waals surface area (Å²) in [6.07, 6.45) is -0.684. The summed E-state index contributed by atoms with van der Waals surface area (Å²) in [5.74, 6) is -0.596. The molecule has 6 nitrogen and oxygen atoms in total. The lowest BCUT2D eigenvalue weighted by Gasteiger charge is -2.32. The number of carbonyl (C=O) groups excluding carboxylic acids is 3. The van der Waals surface area contributed by atoms with Crippen LogP contribution in [-0.4, -0.2) is 43.2 Å². The van der Waals surface area contributed by atoms with Crippen LogP contribution in [0.2, 0.25) is 0 Å². The van der Waals surface area contributed by atoms with Crippen LogP contribution in [-0.2, 0) is 9.59 Å². The Morgan fingerprint density at radius 3 is 2.76 bits per heavy atom. The van der Waals surface area contributed by atoms with E-state index in [4.69, 9.17) is 16.3 Å². The van der Waals surface area contributed by atoms with Crippen molar-refractivity contribution in [2.75, 3.05) is 24.4 Å². The van der Waals surface area contributed by atoms with E-state index in [2.05, 4.69) is 5.32 Å². The lowest BCUT2D eigenvalue weighted by molar-refractivity contribution is -0.128. The van der Waals surface area contributed by atoms with E-state index >= 15 is 0 Å². The molecule has 0 radical (unpaired) electrons. The highest BCUT2D eigenvalue weighted by molar-refractivity contribution is 6.30. The number of hydrogen-bond donors (Lipinski definition) is 1. The molecule has 1 atom stereocenters. The summed E-state index contributed by atoms with van der Waals surface area (Å²) in [4.78, 5) is 36.8. The normalized spacial score (nSPS) is 17.0. The van der Waals surface area contributed by atoms with Gasteiger partial charge in [-0.1, -0.05) is 0 Å². The van der Waals surface area contributed by atoms with E-state index in [1.54, 1.807) is 19.1 Å². The Morgan fingerprint density at radius 2 is 2.14 bits per heavy atom. The number of hydrogen-bond acceptors (Lipinski definition) is 4. The molecule has 0 aromatic heterocycles. The van der Waals surface area contributed by atoms with Crippen molar-refractivity contribution in [1.82, 2.24) is 5.32 Å². The molecule has 2 amide bonds. The van der Waals surface area contributed by atoms with Crippen LogP contribution in [0.5, 0.6) is 5.75 Å². The number of alkyl halides is 1. The fourth-order valence-corrected chi connectivity index (χ4v) is 2.20. The summed E-state index contributed by atoms with van der Waals surface area (Å²) in [5.41, 5.74) is 0.772. The van der Waals surface area contributed by atoms with Gasteiger partial charge in [-0.3, -0.25) is 19.3 Å². The summed E-state index contributed by atoms with van der Waals surface area (Å²) in [7, 11) is 1.49. The minimum Gasteiger partial charge on any atom is -0.479 e. The van der Waals surface area contributed by atoms with Crippen LogP contribution in [0, 0.1) is 0 Å². The van der Waals surface area contributed by atoms with Gasteiger partial charge in [-0.25, -0.2) is 0 Å². The quantitative estimate of drug-likeness (QED) is 0.664. The highest BCUT2D eigenvalue weighted by Crippen LogP contribution is 2.34. The highest BCUT2D eigenvalue weighted by Gasteiger charge is 2.33.